The van der Waals surface area contributed by atoms with Gasteiger partial charge in [-0.05, 0) is 5.56 Å². The van der Waals surface area contributed by atoms with E-state index in [0.717, 1.165) is 28.1 Å². The number of nitrogens with zero attached hydrogens (tertiary/aromatic N) is 2. The summed E-state index contributed by atoms with van der Waals surface area (Å²) in [7, 11) is 0. The van der Waals surface area contributed by atoms with Gasteiger partial charge in [0.15, 0.2) is 0 Å². The first-order chi connectivity index (χ1) is 9.40. The van der Waals surface area contributed by atoms with Gasteiger partial charge in [-0.2, -0.15) is 29.1 Å². The smallest absolute Gasteiger partial charge is 0.332 e. The van der Waals surface area contributed by atoms with E-state index in [4.69, 9.17) is 11.3 Å². The predicted octanol–water partition coefficient (Wildman–Crippen LogP) is 3.67. The number of ether oxygens (including phenoxy) is 1. The first-order valence-electron chi connectivity index (χ1n) is 5.91. The molecule has 0 atom stereocenters. The summed E-state index contributed by atoms with van der Waals surface area (Å²) in [6.07, 6.45) is 0. The van der Waals surface area contributed by atoms with Crippen molar-refractivity contribution in [2.24, 2.45) is 0 Å². The van der Waals surface area contributed by atoms with Crippen LogP contribution in [0.4, 0.5) is 5.69 Å². The molecule has 0 saturated heterocycles. The van der Waals surface area contributed by atoms with E-state index in [9.17, 15) is 0 Å². The molecule has 0 saturated carbocycles. The number of anilines is 1. The quantitative estimate of drug-likeness (QED) is 0.587. The zero-order valence-electron chi connectivity index (χ0n) is 10.3. The van der Waals surface area contributed by atoms with E-state index < -0.39 is 0 Å². The maximum Gasteiger partial charge on any atom is 0.332 e. The van der Waals surface area contributed by atoms with Crippen LogP contribution in [0.3, 0.4) is 0 Å². The van der Waals surface area contributed by atoms with Crippen molar-refractivity contribution < 1.29 is 24.8 Å². The zero-order valence-corrected chi connectivity index (χ0v) is 12.6. The topological polar surface area (TPSA) is 16.8 Å². The molecule has 4 rings (SSSR count). The summed E-state index contributed by atoms with van der Waals surface area (Å²) >= 11 is 0. The fraction of sp³-hybridized carbons (Fsp3) is 0. The van der Waals surface area contributed by atoms with Crippen molar-refractivity contribution in [1.29, 1.82) is 0 Å². The van der Waals surface area contributed by atoms with Crippen molar-refractivity contribution in [3.8, 4) is 11.1 Å². The van der Waals surface area contributed by atoms with Crippen LogP contribution >= 0.6 is 0 Å². The zero-order chi connectivity index (χ0) is 12.8. The molecule has 20 heavy (non-hydrogen) atoms. The van der Waals surface area contributed by atoms with E-state index in [1.54, 1.807) is 6.73 Å². The van der Waals surface area contributed by atoms with Crippen molar-refractivity contribution in [2.45, 2.75) is 0 Å². The Balaban J connectivity index is 0.00000121. The third-order valence-electron chi connectivity index (χ3n) is 3.36. The molecule has 0 bridgehead atoms. The van der Waals surface area contributed by atoms with Gasteiger partial charge in [-0.3, -0.25) is 0 Å². The van der Waals surface area contributed by atoms with Crippen molar-refractivity contribution in [2.75, 3.05) is 4.90 Å². The second kappa shape index (κ2) is 4.79. The van der Waals surface area contributed by atoms with Gasteiger partial charge in [0.25, 0.3) is 0 Å². The standard InChI is InChI=1S/C16H8N2O.Ir/c1-17-16-15-13-8-3-2-6-11(13)12-7-4-5-9-14(12)18(15)10-19-16;/h2-8,10H;/q-2;. The van der Waals surface area contributed by atoms with E-state index in [0.29, 0.717) is 5.88 Å². The number of fused-ring (bicyclic) bond motifs is 6. The summed E-state index contributed by atoms with van der Waals surface area (Å²) in [6, 6.07) is 17.2. The number of rotatable bonds is 0. The molecule has 2 aromatic carbocycles. The van der Waals surface area contributed by atoms with Crippen molar-refractivity contribution >= 4 is 11.4 Å². The van der Waals surface area contributed by atoms with Gasteiger partial charge in [-0.15, -0.1) is 5.56 Å². The molecule has 4 heteroatoms. The maximum atomic E-state index is 7.23. The Morgan fingerprint density at radius 3 is 2.65 bits per heavy atom. The number of hydrogen-bond acceptors (Lipinski definition) is 2. The first kappa shape index (κ1) is 12.9. The van der Waals surface area contributed by atoms with Gasteiger partial charge in [-0.25, -0.2) is 0 Å². The van der Waals surface area contributed by atoms with Gasteiger partial charge in [0.05, 0.1) is 12.3 Å². The molecule has 0 spiro atoms. The Morgan fingerprint density at radius 2 is 1.85 bits per heavy atom. The Bertz CT molecular complexity index is 761. The average molecular weight is 436 g/mol. The van der Waals surface area contributed by atoms with Crippen LogP contribution in [0.1, 0.15) is 5.56 Å². The molecule has 0 unspecified atom stereocenters. The minimum Gasteiger partial charge on any atom is -0.666 e. The van der Waals surface area contributed by atoms with Crippen LogP contribution in [-0.2, 0) is 24.8 Å². The van der Waals surface area contributed by atoms with Crippen LogP contribution < -0.4 is 4.90 Å². The first-order valence-corrected chi connectivity index (χ1v) is 5.91. The summed E-state index contributed by atoms with van der Waals surface area (Å²) in [5, 5.41) is 0. The van der Waals surface area contributed by atoms with Crippen molar-refractivity contribution in [1.82, 2.24) is 0 Å². The molecule has 2 aliphatic rings. The van der Waals surface area contributed by atoms with E-state index >= 15 is 0 Å². The molecule has 0 amide bonds. The van der Waals surface area contributed by atoms with Gasteiger partial charge in [-0.1, -0.05) is 42.2 Å². The third kappa shape index (κ3) is 1.61. The van der Waals surface area contributed by atoms with Crippen LogP contribution in [0.5, 0.6) is 0 Å². The van der Waals surface area contributed by atoms with E-state index in [2.05, 4.69) is 23.0 Å². The SMILES string of the molecule is [C-]#[N+]C1=C2c3ccccc3-c3ccc[c-]c3N2[CH-]O1.[Ir]. The summed E-state index contributed by atoms with van der Waals surface area (Å²) in [4.78, 5) is 5.36. The largest absolute Gasteiger partial charge is 0.666 e. The normalized spacial score (nSPS) is 14.4. The van der Waals surface area contributed by atoms with Crippen LogP contribution in [0.15, 0.2) is 48.3 Å². The molecule has 2 aliphatic heterocycles. The van der Waals surface area contributed by atoms with Gasteiger partial charge in [0.2, 0.25) is 0 Å². The van der Waals surface area contributed by atoms with Crippen LogP contribution in [0.25, 0.3) is 21.7 Å². The second-order valence-electron chi connectivity index (χ2n) is 4.34. The molecule has 2 heterocycles. The third-order valence-corrected chi connectivity index (χ3v) is 3.36. The summed E-state index contributed by atoms with van der Waals surface area (Å²) in [5.74, 6) is 0.315. The Hall–Kier alpha value is -2.08. The molecule has 3 nitrogen and oxygen atoms in total. The maximum absolute atomic E-state index is 7.23. The molecular formula is C16H8IrN2O-2. The second-order valence-corrected chi connectivity index (χ2v) is 4.34. The predicted molar refractivity (Wildman–Crippen MR) is 72.1 cm³/mol. The fourth-order valence-corrected chi connectivity index (χ4v) is 2.57. The minimum atomic E-state index is 0. The average Bonchev–Trinajstić information content (AvgIpc) is 2.92. The molecule has 0 aliphatic carbocycles. The van der Waals surface area contributed by atoms with Gasteiger partial charge in [0, 0.05) is 20.1 Å². The molecule has 1 radical (unpaired) electrons. The van der Waals surface area contributed by atoms with Gasteiger partial charge in [0.1, 0.15) is 0 Å². The van der Waals surface area contributed by atoms with Crippen molar-refractivity contribution in [3.05, 3.63) is 78.1 Å². The van der Waals surface area contributed by atoms with E-state index in [1.165, 1.54) is 0 Å². The monoisotopic (exact) mass is 437 g/mol. The summed E-state index contributed by atoms with van der Waals surface area (Å²) in [6.45, 7) is 8.81. The van der Waals surface area contributed by atoms with Crippen LogP contribution in [-0.4, -0.2) is 0 Å². The van der Waals surface area contributed by atoms with Gasteiger partial charge >= 0.3 is 5.88 Å². The Labute approximate surface area is 130 Å². The van der Waals surface area contributed by atoms with Crippen LogP contribution in [0.2, 0.25) is 0 Å². The summed E-state index contributed by atoms with van der Waals surface area (Å²) < 4.78 is 5.37. The molecule has 2 aromatic rings. The van der Waals surface area contributed by atoms with Crippen molar-refractivity contribution in [3.63, 3.8) is 0 Å². The minimum absolute atomic E-state index is 0. The number of para-hydroxylation sites is 1. The Morgan fingerprint density at radius 1 is 1.10 bits per heavy atom. The molecule has 0 fully saturated rings. The number of hydrogen-bond donors (Lipinski definition) is 0. The van der Waals surface area contributed by atoms with Gasteiger partial charge < -0.3 is 9.64 Å². The molecular weight excluding hydrogens is 428 g/mol. The number of benzene rings is 2. The molecule has 0 aromatic heterocycles. The molecule has 0 N–H and O–H groups in total. The molecule has 99 valence electrons. The van der Waals surface area contributed by atoms with Crippen LogP contribution in [0, 0.1) is 19.4 Å². The van der Waals surface area contributed by atoms with E-state index in [-0.39, 0.29) is 20.1 Å². The van der Waals surface area contributed by atoms with E-state index in [1.807, 2.05) is 35.2 Å². The Kier molecular flexibility index (Phi) is 3.10. The summed E-state index contributed by atoms with van der Waals surface area (Å²) in [5.41, 5.74) is 4.97. The fourth-order valence-electron chi connectivity index (χ4n) is 2.57.